The lowest BCUT2D eigenvalue weighted by Gasteiger charge is -2.38. The topological polar surface area (TPSA) is 102 Å². The van der Waals surface area contributed by atoms with Crippen LogP contribution in [0.15, 0.2) is 18.2 Å². The van der Waals surface area contributed by atoms with E-state index in [1.165, 1.54) is 14.7 Å². The number of carbonyl (C=O) groups excluding carboxylic acids is 2. The molecule has 1 aliphatic carbocycles. The average Bonchev–Trinajstić information content (AvgIpc) is 2.80. The van der Waals surface area contributed by atoms with Crippen molar-refractivity contribution < 1.29 is 26.8 Å². The molecule has 1 aromatic rings. The van der Waals surface area contributed by atoms with Gasteiger partial charge < -0.3 is 10.6 Å². The second-order valence-corrected chi connectivity index (χ2v) is 10.4. The van der Waals surface area contributed by atoms with Gasteiger partial charge in [0.1, 0.15) is 0 Å². The molecule has 2 fully saturated rings. The molecule has 0 spiro atoms. The lowest BCUT2D eigenvalue weighted by molar-refractivity contribution is -0.125. The van der Waals surface area contributed by atoms with Gasteiger partial charge in [0.2, 0.25) is 11.8 Å². The summed E-state index contributed by atoms with van der Waals surface area (Å²) in [5, 5.41) is 4.86. The van der Waals surface area contributed by atoms with Gasteiger partial charge in [-0.3, -0.25) is 14.5 Å². The van der Waals surface area contributed by atoms with E-state index >= 15 is 0 Å². The number of nitrogens with one attached hydrogen (secondary N) is 2. The maximum absolute atomic E-state index is 13.2. The summed E-state index contributed by atoms with van der Waals surface area (Å²) in [6.45, 7) is 1.12. The van der Waals surface area contributed by atoms with Crippen LogP contribution < -0.4 is 10.6 Å². The number of hydrogen-bond donors (Lipinski definition) is 2. The summed E-state index contributed by atoms with van der Waals surface area (Å²) in [6.07, 6.45) is 5.02. The maximum atomic E-state index is 13.2. The molecule has 12 heteroatoms. The van der Waals surface area contributed by atoms with Gasteiger partial charge in [0.15, 0.2) is 11.6 Å². The molecule has 0 aromatic heterocycles. The summed E-state index contributed by atoms with van der Waals surface area (Å²) < 4.78 is 55.0. The van der Waals surface area contributed by atoms with Crippen LogP contribution in [0.3, 0.4) is 0 Å². The van der Waals surface area contributed by atoms with E-state index in [1.807, 2.05) is 4.90 Å². The van der Waals surface area contributed by atoms with Gasteiger partial charge in [0.05, 0.1) is 13.1 Å². The quantitative estimate of drug-likeness (QED) is 0.573. The molecule has 1 saturated carbocycles. The predicted octanol–water partition coefficient (Wildman–Crippen LogP) is 1.15. The number of rotatable bonds is 8. The SMILES string of the molecule is CN(C1CCCCC1)S(=O)(=O)N1CCN(CC(=O)NCC(=O)Nc2ccc(F)c(F)c2)CC1. The van der Waals surface area contributed by atoms with Crippen molar-refractivity contribution in [1.29, 1.82) is 0 Å². The van der Waals surface area contributed by atoms with E-state index in [4.69, 9.17) is 0 Å². The molecule has 2 aliphatic rings. The van der Waals surface area contributed by atoms with Crippen LogP contribution in [0, 0.1) is 11.6 Å². The summed E-state index contributed by atoms with van der Waals surface area (Å²) in [4.78, 5) is 25.9. The molecule has 1 aliphatic heterocycles. The summed E-state index contributed by atoms with van der Waals surface area (Å²) in [5.41, 5.74) is 0.0867. The van der Waals surface area contributed by atoms with Gasteiger partial charge in [0.25, 0.3) is 10.2 Å². The Kier molecular flexibility index (Phi) is 8.74. The molecule has 3 rings (SSSR count). The first-order chi connectivity index (χ1) is 15.7. The molecule has 9 nitrogen and oxygen atoms in total. The average molecular weight is 488 g/mol. The normalized spacial score (nSPS) is 18.9. The fraction of sp³-hybridized carbons (Fsp3) is 0.619. The van der Waals surface area contributed by atoms with Crippen LogP contribution in [0.4, 0.5) is 14.5 Å². The zero-order valence-electron chi connectivity index (χ0n) is 18.7. The van der Waals surface area contributed by atoms with Crippen LogP contribution in [-0.4, -0.2) is 86.1 Å². The maximum Gasteiger partial charge on any atom is 0.282 e. The van der Waals surface area contributed by atoms with Gasteiger partial charge in [-0.05, 0) is 25.0 Å². The van der Waals surface area contributed by atoms with Crippen molar-refractivity contribution >= 4 is 27.7 Å². The van der Waals surface area contributed by atoms with E-state index in [-0.39, 0.29) is 30.7 Å². The highest BCUT2D eigenvalue weighted by atomic mass is 32.2. The highest BCUT2D eigenvalue weighted by molar-refractivity contribution is 7.86. The van der Waals surface area contributed by atoms with Crippen LogP contribution >= 0.6 is 0 Å². The first kappa shape index (κ1) is 25.5. The predicted molar refractivity (Wildman–Crippen MR) is 120 cm³/mol. The first-order valence-electron chi connectivity index (χ1n) is 11.1. The Bertz CT molecular complexity index is 948. The molecule has 184 valence electrons. The minimum Gasteiger partial charge on any atom is -0.346 e. The van der Waals surface area contributed by atoms with Crippen LogP contribution in [0.1, 0.15) is 32.1 Å². The van der Waals surface area contributed by atoms with Crippen LogP contribution in [0.5, 0.6) is 0 Å². The lowest BCUT2D eigenvalue weighted by Crippen LogP contribution is -2.55. The zero-order valence-corrected chi connectivity index (χ0v) is 19.5. The molecule has 2 N–H and O–H groups in total. The van der Waals surface area contributed by atoms with Gasteiger partial charge in [-0.2, -0.15) is 17.0 Å². The van der Waals surface area contributed by atoms with Crippen molar-refractivity contribution in [2.45, 2.75) is 38.1 Å². The Morgan fingerprint density at radius 2 is 1.70 bits per heavy atom. The number of halogens is 2. The van der Waals surface area contributed by atoms with Gasteiger partial charge >= 0.3 is 0 Å². The second kappa shape index (κ2) is 11.3. The molecule has 2 amide bonds. The standard InChI is InChI=1S/C21H31F2N5O4S/c1-26(17-5-3-2-4-6-17)33(31,32)28-11-9-27(10-12-28)15-21(30)24-14-20(29)25-16-7-8-18(22)19(23)13-16/h7-8,13,17H,2-6,9-12,14-15H2,1H3,(H,24,30)(H,25,29). The van der Waals surface area contributed by atoms with Crippen LogP contribution in [0.2, 0.25) is 0 Å². The Morgan fingerprint density at radius 3 is 2.33 bits per heavy atom. The Balaban J connectivity index is 1.39. The van der Waals surface area contributed by atoms with E-state index in [9.17, 15) is 26.8 Å². The van der Waals surface area contributed by atoms with Gasteiger partial charge in [0, 0.05) is 51.0 Å². The Morgan fingerprint density at radius 1 is 1.03 bits per heavy atom. The highest BCUT2D eigenvalue weighted by Gasteiger charge is 2.34. The zero-order chi connectivity index (χ0) is 24.0. The number of carbonyl (C=O) groups is 2. The van der Waals surface area contributed by atoms with Crippen molar-refractivity contribution in [2.24, 2.45) is 0 Å². The Labute approximate surface area is 193 Å². The molecular weight excluding hydrogens is 456 g/mol. The molecule has 0 radical (unpaired) electrons. The fourth-order valence-electron chi connectivity index (χ4n) is 4.15. The van der Waals surface area contributed by atoms with Crippen LogP contribution in [0.25, 0.3) is 0 Å². The van der Waals surface area contributed by atoms with Crippen molar-refractivity contribution in [1.82, 2.24) is 18.8 Å². The number of amides is 2. The van der Waals surface area contributed by atoms with Gasteiger partial charge in [-0.15, -0.1) is 0 Å². The lowest BCUT2D eigenvalue weighted by atomic mass is 9.96. The number of anilines is 1. The number of benzene rings is 1. The highest BCUT2D eigenvalue weighted by Crippen LogP contribution is 2.25. The smallest absolute Gasteiger partial charge is 0.282 e. The molecular formula is C21H31F2N5O4S. The molecule has 33 heavy (non-hydrogen) atoms. The minimum atomic E-state index is -3.53. The number of piperazine rings is 1. The van der Waals surface area contributed by atoms with E-state index in [0.29, 0.717) is 26.2 Å². The van der Waals surface area contributed by atoms with E-state index < -0.39 is 27.8 Å². The molecule has 1 saturated heterocycles. The van der Waals surface area contributed by atoms with E-state index in [0.717, 1.165) is 44.2 Å². The molecule has 0 atom stereocenters. The molecule has 0 bridgehead atoms. The Hall–Kier alpha value is -2.15. The largest absolute Gasteiger partial charge is 0.346 e. The summed E-state index contributed by atoms with van der Waals surface area (Å²) in [7, 11) is -1.88. The number of nitrogens with zero attached hydrogens (tertiary/aromatic N) is 3. The van der Waals surface area contributed by atoms with E-state index in [1.54, 1.807) is 7.05 Å². The third-order valence-corrected chi connectivity index (χ3v) is 8.17. The third-order valence-electron chi connectivity index (χ3n) is 6.13. The van der Waals surface area contributed by atoms with Crippen molar-refractivity contribution in [3.8, 4) is 0 Å². The van der Waals surface area contributed by atoms with Crippen molar-refractivity contribution in [3.63, 3.8) is 0 Å². The second-order valence-electron chi connectivity index (χ2n) is 8.44. The van der Waals surface area contributed by atoms with Gasteiger partial charge in [-0.1, -0.05) is 19.3 Å². The summed E-state index contributed by atoms with van der Waals surface area (Å²) in [6, 6.07) is 3.02. The first-order valence-corrected chi connectivity index (χ1v) is 12.5. The summed E-state index contributed by atoms with van der Waals surface area (Å²) in [5.74, 6) is -3.06. The number of hydrogen-bond acceptors (Lipinski definition) is 5. The van der Waals surface area contributed by atoms with Crippen LogP contribution in [-0.2, 0) is 19.8 Å². The monoisotopic (exact) mass is 487 g/mol. The third kappa shape index (κ3) is 6.92. The van der Waals surface area contributed by atoms with E-state index in [2.05, 4.69) is 10.6 Å². The van der Waals surface area contributed by atoms with Gasteiger partial charge in [-0.25, -0.2) is 8.78 Å². The van der Waals surface area contributed by atoms with Crippen molar-refractivity contribution in [2.75, 3.05) is 51.6 Å². The minimum absolute atomic E-state index is 0.0325. The molecule has 1 aromatic carbocycles. The molecule has 0 unspecified atom stereocenters. The fourth-order valence-corrected chi connectivity index (χ4v) is 5.73. The summed E-state index contributed by atoms with van der Waals surface area (Å²) >= 11 is 0. The van der Waals surface area contributed by atoms with Crippen molar-refractivity contribution in [3.05, 3.63) is 29.8 Å². The molecule has 1 heterocycles.